The van der Waals surface area contributed by atoms with Crippen LogP contribution in [0.1, 0.15) is 18.1 Å². The summed E-state index contributed by atoms with van der Waals surface area (Å²) in [4.78, 5) is 0. The van der Waals surface area contributed by atoms with Gasteiger partial charge in [-0.25, -0.2) is 0 Å². The lowest BCUT2D eigenvalue weighted by Gasteiger charge is -2.09. The van der Waals surface area contributed by atoms with Gasteiger partial charge in [0, 0.05) is 5.88 Å². The largest absolute Gasteiger partial charge is 0.454 e. The Morgan fingerprint density at radius 1 is 1.36 bits per heavy atom. The van der Waals surface area contributed by atoms with Crippen LogP contribution in [0.2, 0.25) is 0 Å². The van der Waals surface area contributed by atoms with Crippen molar-refractivity contribution >= 4 is 11.6 Å². The van der Waals surface area contributed by atoms with Crippen LogP contribution in [-0.4, -0.2) is 17.8 Å². The first kappa shape index (κ1) is 9.62. The van der Waals surface area contributed by atoms with Crippen molar-refractivity contribution in [3.63, 3.8) is 0 Å². The number of hydrogen-bond acceptors (Lipinski definition) is 3. The normalized spacial score (nSPS) is 15.6. The Balaban J connectivity index is 2.19. The first-order valence-corrected chi connectivity index (χ1v) is 4.98. The van der Waals surface area contributed by atoms with Crippen molar-refractivity contribution < 1.29 is 14.6 Å². The molecule has 2 rings (SSSR count). The fourth-order valence-electron chi connectivity index (χ4n) is 1.39. The van der Waals surface area contributed by atoms with Crippen LogP contribution in [0.5, 0.6) is 11.5 Å². The summed E-state index contributed by atoms with van der Waals surface area (Å²) in [5, 5.41) is 9.67. The minimum absolute atomic E-state index is 0.254. The van der Waals surface area contributed by atoms with Crippen molar-refractivity contribution in [2.75, 3.05) is 12.7 Å². The first-order chi connectivity index (χ1) is 6.81. The fraction of sp³-hybridized carbons (Fsp3) is 0.400. The Morgan fingerprint density at radius 2 is 2.14 bits per heavy atom. The van der Waals surface area contributed by atoms with Crippen LogP contribution in [0.25, 0.3) is 0 Å². The van der Waals surface area contributed by atoms with E-state index in [-0.39, 0.29) is 6.79 Å². The second-order valence-electron chi connectivity index (χ2n) is 3.11. The lowest BCUT2D eigenvalue weighted by atomic mass is 10.1. The molecule has 0 aromatic heterocycles. The minimum atomic E-state index is -0.526. The summed E-state index contributed by atoms with van der Waals surface area (Å²) in [6.07, 6.45) is 0.0169. The number of aliphatic hydroxyl groups is 1. The molecule has 1 unspecified atom stereocenters. The van der Waals surface area contributed by atoms with Crippen molar-refractivity contribution in [2.24, 2.45) is 0 Å². The van der Waals surface area contributed by atoms with Gasteiger partial charge in [-0.15, -0.1) is 11.6 Å². The molecule has 4 heteroatoms. The highest BCUT2D eigenvalue weighted by Crippen LogP contribution is 2.34. The van der Waals surface area contributed by atoms with Crippen molar-refractivity contribution in [3.8, 4) is 11.5 Å². The van der Waals surface area contributed by atoms with Gasteiger partial charge in [0.05, 0.1) is 6.10 Å². The van der Waals surface area contributed by atoms with Crippen LogP contribution in [0, 0.1) is 0 Å². The molecule has 1 aliphatic rings. The maximum absolute atomic E-state index is 9.67. The second kappa shape index (κ2) is 4.07. The number of ether oxygens (including phenoxy) is 2. The molecule has 1 heterocycles. The number of aliphatic hydroxyl groups excluding tert-OH is 1. The molecular weight excluding hydrogens is 204 g/mol. The summed E-state index contributed by atoms with van der Waals surface area (Å²) >= 11 is 5.55. The molecule has 1 atom stereocenters. The lowest BCUT2D eigenvalue weighted by molar-refractivity contribution is 0.170. The summed E-state index contributed by atoms with van der Waals surface area (Å²) in [6, 6.07) is 5.42. The molecule has 1 aromatic rings. The Kier molecular flexibility index (Phi) is 2.79. The van der Waals surface area contributed by atoms with Crippen LogP contribution < -0.4 is 9.47 Å². The molecule has 1 aromatic carbocycles. The van der Waals surface area contributed by atoms with Crippen molar-refractivity contribution in [3.05, 3.63) is 23.8 Å². The van der Waals surface area contributed by atoms with Gasteiger partial charge >= 0.3 is 0 Å². The third-order valence-corrected chi connectivity index (χ3v) is 2.38. The molecule has 76 valence electrons. The molecule has 1 N–H and O–H groups in total. The van der Waals surface area contributed by atoms with E-state index in [0.29, 0.717) is 18.1 Å². The zero-order valence-electron chi connectivity index (χ0n) is 7.57. The van der Waals surface area contributed by atoms with Gasteiger partial charge in [-0.3, -0.25) is 0 Å². The van der Waals surface area contributed by atoms with Gasteiger partial charge in [0.15, 0.2) is 11.5 Å². The molecule has 0 fully saturated rings. The standard InChI is InChI=1S/C10H11ClO3/c11-4-3-8(12)7-1-2-9-10(5-7)14-6-13-9/h1-2,5,8,12H,3-4,6H2. The van der Waals surface area contributed by atoms with Crippen LogP contribution in [0.15, 0.2) is 18.2 Å². The van der Waals surface area contributed by atoms with Crippen molar-refractivity contribution in [2.45, 2.75) is 12.5 Å². The zero-order chi connectivity index (χ0) is 9.97. The van der Waals surface area contributed by atoms with Gasteiger partial charge in [-0.2, -0.15) is 0 Å². The molecular formula is C10H11ClO3. The van der Waals surface area contributed by atoms with Gasteiger partial charge in [0.1, 0.15) is 0 Å². The summed E-state index contributed by atoms with van der Waals surface area (Å²) in [5.74, 6) is 1.86. The molecule has 0 saturated heterocycles. The predicted octanol–water partition coefficient (Wildman–Crippen LogP) is 2.08. The van der Waals surface area contributed by atoms with Gasteiger partial charge in [0.2, 0.25) is 6.79 Å². The molecule has 0 spiro atoms. The fourth-order valence-corrected chi connectivity index (χ4v) is 1.60. The predicted molar refractivity (Wildman–Crippen MR) is 52.9 cm³/mol. The molecule has 0 amide bonds. The van der Waals surface area contributed by atoms with Crippen LogP contribution >= 0.6 is 11.6 Å². The maximum Gasteiger partial charge on any atom is 0.231 e. The minimum Gasteiger partial charge on any atom is -0.454 e. The third-order valence-electron chi connectivity index (χ3n) is 2.16. The van der Waals surface area contributed by atoms with Crippen LogP contribution in [-0.2, 0) is 0 Å². The molecule has 0 bridgehead atoms. The average molecular weight is 215 g/mol. The van der Waals surface area contributed by atoms with Gasteiger partial charge < -0.3 is 14.6 Å². The SMILES string of the molecule is OC(CCCl)c1ccc2c(c1)OCO2. The highest BCUT2D eigenvalue weighted by atomic mass is 35.5. The summed E-state index contributed by atoms with van der Waals surface area (Å²) in [5.41, 5.74) is 0.815. The highest BCUT2D eigenvalue weighted by Gasteiger charge is 2.15. The van der Waals surface area contributed by atoms with Gasteiger partial charge in [0.25, 0.3) is 0 Å². The molecule has 14 heavy (non-hydrogen) atoms. The maximum atomic E-state index is 9.67. The smallest absolute Gasteiger partial charge is 0.231 e. The monoisotopic (exact) mass is 214 g/mol. The van der Waals surface area contributed by atoms with E-state index in [2.05, 4.69) is 0 Å². The number of benzene rings is 1. The second-order valence-corrected chi connectivity index (χ2v) is 3.48. The first-order valence-electron chi connectivity index (χ1n) is 4.45. The quantitative estimate of drug-likeness (QED) is 0.783. The molecule has 3 nitrogen and oxygen atoms in total. The zero-order valence-corrected chi connectivity index (χ0v) is 8.33. The Morgan fingerprint density at radius 3 is 2.93 bits per heavy atom. The van der Waals surface area contributed by atoms with E-state index in [0.717, 1.165) is 11.3 Å². The topological polar surface area (TPSA) is 38.7 Å². The summed E-state index contributed by atoms with van der Waals surface area (Å²) < 4.78 is 10.4. The summed E-state index contributed by atoms with van der Waals surface area (Å²) in [7, 11) is 0. The molecule has 0 saturated carbocycles. The van der Waals surface area contributed by atoms with E-state index in [4.69, 9.17) is 21.1 Å². The Hall–Kier alpha value is -0.930. The van der Waals surface area contributed by atoms with E-state index in [1.165, 1.54) is 0 Å². The number of hydrogen-bond donors (Lipinski definition) is 1. The average Bonchev–Trinajstić information content (AvgIpc) is 2.64. The van der Waals surface area contributed by atoms with E-state index >= 15 is 0 Å². The van der Waals surface area contributed by atoms with Crippen molar-refractivity contribution in [1.29, 1.82) is 0 Å². The number of fused-ring (bicyclic) bond motifs is 1. The van der Waals surface area contributed by atoms with E-state index < -0.39 is 6.10 Å². The number of rotatable bonds is 3. The van der Waals surface area contributed by atoms with Gasteiger partial charge in [-0.1, -0.05) is 6.07 Å². The van der Waals surface area contributed by atoms with Crippen LogP contribution in [0.3, 0.4) is 0 Å². The molecule has 1 aliphatic heterocycles. The van der Waals surface area contributed by atoms with Crippen LogP contribution in [0.4, 0.5) is 0 Å². The number of halogens is 1. The highest BCUT2D eigenvalue weighted by molar-refractivity contribution is 6.17. The third kappa shape index (κ3) is 1.79. The Labute approximate surface area is 87.2 Å². The Bertz CT molecular complexity index is 327. The van der Waals surface area contributed by atoms with E-state index in [1.54, 1.807) is 12.1 Å². The molecule has 0 aliphatic carbocycles. The number of alkyl halides is 1. The summed E-state index contributed by atoms with van der Waals surface area (Å²) in [6.45, 7) is 0.254. The molecule has 0 radical (unpaired) electrons. The lowest BCUT2D eigenvalue weighted by Crippen LogP contribution is -1.97. The van der Waals surface area contributed by atoms with Crippen molar-refractivity contribution in [1.82, 2.24) is 0 Å². The van der Waals surface area contributed by atoms with Gasteiger partial charge in [-0.05, 0) is 24.1 Å². The van der Waals surface area contributed by atoms with E-state index in [9.17, 15) is 5.11 Å². The van der Waals surface area contributed by atoms with E-state index in [1.807, 2.05) is 6.07 Å².